The fourth-order valence-corrected chi connectivity index (χ4v) is 2.75. The highest BCUT2D eigenvalue weighted by Gasteiger charge is 2.17. The SMILES string of the molecule is OC(Cc1c(F)cccc1F)c1ccc(Cl)cc1Br. The van der Waals surface area contributed by atoms with Gasteiger partial charge in [0.05, 0.1) is 6.10 Å². The number of halogens is 4. The lowest BCUT2D eigenvalue weighted by atomic mass is 10.0. The molecule has 0 amide bonds. The third-order valence-electron chi connectivity index (χ3n) is 2.78. The Morgan fingerprint density at radius 2 is 1.79 bits per heavy atom. The van der Waals surface area contributed by atoms with E-state index in [1.54, 1.807) is 18.2 Å². The monoisotopic (exact) mass is 346 g/mol. The van der Waals surface area contributed by atoms with E-state index >= 15 is 0 Å². The standard InChI is InChI=1S/C14H10BrClF2O/c15-11-6-8(16)4-5-9(11)14(19)7-10-12(17)2-1-3-13(10)18/h1-6,14,19H,7H2. The molecule has 5 heteroatoms. The topological polar surface area (TPSA) is 20.2 Å². The summed E-state index contributed by atoms with van der Waals surface area (Å²) in [7, 11) is 0. The summed E-state index contributed by atoms with van der Waals surface area (Å²) in [4.78, 5) is 0. The van der Waals surface area contributed by atoms with Gasteiger partial charge in [-0.15, -0.1) is 0 Å². The molecule has 19 heavy (non-hydrogen) atoms. The van der Waals surface area contributed by atoms with Gasteiger partial charge in [-0.25, -0.2) is 8.78 Å². The summed E-state index contributed by atoms with van der Waals surface area (Å²) >= 11 is 9.07. The Labute approximate surface area is 123 Å². The highest BCUT2D eigenvalue weighted by molar-refractivity contribution is 9.10. The van der Waals surface area contributed by atoms with Gasteiger partial charge in [-0.2, -0.15) is 0 Å². The van der Waals surface area contributed by atoms with Crippen LogP contribution < -0.4 is 0 Å². The highest BCUT2D eigenvalue weighted by Crippen LogP contribution is 2.29. The molecule has 1 unspecified atom stereocenters. The predicted molar refractivity (Wildman–Crippen MR) is 74.2 cm³/mol. The van der Waals surface area contributed by atoms with Gasteiger partial charge >= 0.3 is 0 Å². The minimum absolute atomic E-state index is 0.128. The number of hydrogen-bond donors (Lipinski definition) is 1. The lowest BCUT2D eigenvalue weighted by Gasteiger charge is -2.14. The highest BCUT2D eigenvalue weighted by atomic mass is 79.9. The maximum atomic E-state index is 13.5. The lowest BCUT2D eigenvalue weighted by molar-refractivity contribution is 0.175. The number of hydrogen-bond acceptors (Lipinski definition) is 1. The van der Waals surface area contributed by atoms with Crippen molar-refractivity contribution < 1.29 is 13.9 Å². The zero-order valence-electron chi connectivity index (χ0n) is 9.71. The molecule has 1 nitrogen and oxygen atoms in total. The van der Waals surface area contributed by atoms with E-state index in [-0.39, 0.29) is 12.0 Å². The van der Waals surface area contributed by atoms with Gasteiger partial charge in [0.1, 0.15) is 11.6 Å². The van der Waals surface area contributed by atoms with Gasteiger partial charge in [0.2, 0.25) is 0 Å². The van der Waals surface area contributed by atoms with Gasteiger partial charge in [0, 0.05) is 21.5 Å². The smallest absolute Gasteiger partial charge is 0.129 e. The molecule has 0 aliphatic carbocycles. The molecule has 0 saturated heterocycles. The minimum atomic E-state index is -1.02. The maximum absolute atomic E-state index is 13.5. The second-order valence-corrected chi connectivity index (χ2v) is 5.38. The average Bonchev–Trinajstić information content (AvgIpc) is 2.33. The largest absolute Gasteiger partial charge is 0.388 e. The first kappa shape index (κ1) is 14.4. The van der Waals surface area contributed by atoms with Crippen LogP contribution in [-0.4, -0.2) is 5.11 Å². The summed E-state index contributed by atoms with van der Waals surface area (Å²) in [5, 5.41) is 10.6. The van der Waals surface area contributed by atoms with Crippen molar-refractivity contribution in [1.29, 1.82) is 0 Å². The number of aliphatic hydroxyl groups is 1. The van der Waals surface area contributed by atoms with Crippen LogP contribution in [0.5, 0.6) is 0 Å². The second kappa shape index (κ2) is 5.99. The van der Waals surface area contributed by atoms with E-state index in [4.69, 9.17) is 11.6 Å². The summed E-state index contributed by atoms with van der Waals surface area (Å²) < 4.78 is 27.6. The number of rotatable bonds is 3. The van der Waals surface area contributed by atoms with Crippen LogP contribution in [0.15, 0.2) is 40.9 Å². The first-order chi connectivity index (χ1) is 8.99. The quantitative estimate of drug-likeness (QED) is 0.856. The van der Waals surface area contributed by atoms with Gasteiger partial charge in [0.15, 0.2) is 0 Å². The van der Waals surface area contributed by atoms with E-state index in [0.717, 1.165) is 0 Å². The van der Waals surface area contributed by atoms with Crippen molar-refractivity contribution in [2.24, 2.45) is 0 Å². The Balaban J connectivity index is 2.28. The van der Waals surface area contributed by atoms with Crippen LogP contribution in [0.1, 0.15) is 17.2 Å². The van der Waals surface area contributed by atoms with E-state index in [1.165, 1.54) is 18.2 Å². The van der Waals surface area contributed by atoms with Gasteiger partial charge in [0.25, 0.3) is 0 Å². The van der Waals surface area contributed by atoms with Crippen molar-refractivity contribution in [2.45, 2.75) is 12.5 Å². The van der Waals surface area contributed by atoms with E-state index < -0.39 is 17.7 Å². The Kier molecular flexibility index (Phi) is 4.55. The van der Waals surface area contributed by atoms with Crippen LogP contribution in [0.4, 0.5) is 8.78 Å². The van der Waals surface area contributed by atoms with E-state index in [2.05, 4.69) is 15.9 Å². The molecule has 0 radical (unpaired) electrons. The van der Waals surface area contributed by atoms with E-state index in [0.29, 0.717) is 15.1 Å². The van der Waals surface area contributed by atoms with Crippen molar-refractivity contribution in [3.05, 3.63) is 68.7 Å². The van der Waals surface area contributed by atoms with Crippen LogP contribution in [0, 0.1) is 11.6 Å². The predicted octanol–water partition coefficient (Wildman–Crippen LogP) is 4.66. The van der Waals surface area contributed by atoms with Gasteiger partial charge in [-0.1, -0.05) is 39.7 Å². The fourth-order valence-electron chi connectivity index (χ4n) is 1.80. The van der Waals surface area contributed by atoms with Crippen LogP contribution in [0.25, 0.3) is 0 Å². The first-order valence-electron chi connectivity index (χ1n) is 5.55. The summed E-state index contributed by atoms with van der Waals surface area (Å²) in [6.07, 6.45) is -1.16. The molecule has 0 aromatic heterocycles. The molecule has 1 atom stereocenters. The molecule has 100 valence electrons. The van der Waals surface area contributed by atoms with Crippen LogP contribution >= 0.6 is 27.5 Å². The molecular formula is C14H10BrClF2O. The average molecular weight is 348 g/mol. The van der Waals surface area contributed by atoms with Crippen LogP contribution in [0.2, 0.25) is 5.02 Å². The molecule has 0 saturated carbocycles. The molecule has 0 bridgehead atoms. The molecule has 2 aromatic rings. The van der Waals surface area contributed by atoms with Crippen molar-refractivity contribution in [3.8, 4) is 0 Å². The zero-order chi connectivity index (χ0) is 14.0. The number of aliphatic hydroxyl groups excluding tert-OH is 1. The van der Waals surface area contributed by atoms with Gasteiger partial charge < -0.3 is 5.11 Å². The lowest BCUT2D eigenvalue weighted by Crippen LogP contribution is -2.06. The number of benzene rings is 2. The van der Waals surface area contributed by atoms with Crippen molar-refractivity contribution in [3.63, 3.8) is 0 Å². The molecule has 2 aromatic carbocycles. The molecular weight excluding hydrogens is 338 g/mol. The first-order valence-corrected chi connectivity index (χ1v) is 6.72. The summed E-state index contributed by atoms with van der Waals surface area (Å²) in [6, 6.07) is 8.49. The molecule has 2 rings (SSSR count). The molecule has 0 aliphatic rings. The fraction of sp³-hybridized carbons (Fsp3) is 0.143. The summed E-state index contributed by atoms with van der Waals surface area (Å²) in [5.41, 5.74) is 0.406. The van der Waals surface area contributed by atoms with Crippen molar-refractivity contribution in [2.75, 3.05) is 0 Å². The molecule has 0 aliphatic heterocycles. The van der Waals surface area contributed by atoms with Gasteiger partial charge in [-0.05, 0) is 29.8 Å². The summed E-state index contributed by atoms with van der Waals surface area (Å²) in [5.74, 6) is -1.33. The molecule has 0 fully saturated rings. The van der Waals surface area contributed by atoms with Crippen LogP contribution in [-0.2, 0) is 6.42 Å². The minimum Gasteiger partial charge on any atom is -0.388 e. The maximum Gasteiger partial charge on any atom is 0.129 e. The van der Waals surface area contributed by atoms with E-state index in [9.17, 15) is 13.9 Å². The third kappa shape index (κ3) is 3.32. The Hall–Kier alpha value is -0.970. The van der Waals surface area contributed by atoms with Crippen molar-refractivity contribution >= 4 is 27.5 Å². The normalized spacial score (nSPS) is 12.5. The molecule has 1 N–H and O–H groups in total. The zero-order valence-corrected chi connectivity index (χ0v) is 12.0. The van der Waals surface area contributed by atoms with Crippen molar-refractivity contribution in [1.82, 2.24) is 0 Å². The molecule has 0 spiro atoms. The van der Waals surface area contributed by atoms with Gasteiger partial charge in [-0.3, -0.25) is 0 Å². The van der Waals surface area contributed by atoms with Crippen LogP contribution in [0.3, 0.4) is 0 Å². The molecule has 0 heterocycles. The Bertz CT molecular complexity index is 584. The third-order valence-corrected chi connectivity index (χ3v) is 3.70. The second-order valence-electron chi connectivity index (χ2n) is 4.09. The Morgan fingerprint density at radius 1 is 1.16 bits per heavy atom. The Morgan fingerprint density at radius 3 is 2.37 bits per heavy atom. The van der Waals surface area contributed by atoms with E-state index in [1.807, 2.05) is 0 Å². The summed E-state index contributed by atoms with van der Waals surface area (Å²) in [6.45, 7) is 0.